The van der Waals surface area contributed by atoms with Gasteiger partial charge in [-0.05, 0) is 30.7 Å². The van der Waals surface area contributed by atoms with Gasteiger partial charge in [0.2, 0.25) is 0 Å². The number of nitrogens with zero attached hydrogens (tertiary/aromatic N) is 4. The zero-order valence-electron chi connectivity index (χ0n) is 10.1. The summed E-state index contributed by atoms with van der Waals surface area (Å²) in [6.45, 7) is 3.02. The molecule has 5 heteroatoms. The molecule has 2 aromatic rings. The van der Waals surface area contributed by atoms with Crippen LogP contribution in [0, 0.1) is 11.3 Å². The molecule has 4 nitrogen and oxygen atoms in total. The lowest BCUT2D eigenvalue weighted by Crippen LogP contribution is -2.03. The van der Waals surface area contributed by atoms with E-state index in [4.69, 9.17) is 5.26 Å². The Balaban J connectivity index is 2.43. The van der Waals surface area contributed by atoms with E-state index in [1.807, 2.05) is 12.1 Å². The van der Waals surface area contributed by atoms with Crippen molar-refractivity contribution < 1.29 is 0 Å². The first-order valence-corrected chi connectivity index (χ1v) is 6.91. The molecule has 0 N–H and O–H groups in total. The molecule has 0 amide bonds. The van der Waals surface area contributed by atoms with Crippen LogP contribution in [0.1, 0.15) is 24.7 Å². The molecule has 0 spiro atoms. The minimum atomic E-state index is 0.654. The molecule has 0 unspecified atom stereocenters. The van der Waals surface area contributed by atoms with Gasteiger partial charge in [0.25, 0.3) is 0 Å². The highest BCUT2D eigenvalue weighted by Gasteiger charge is 2.12. The largest absolute Gasteiger partial charge is 0.310 e. The summed E-state index contributed by atoms with van der Waals surface area (Å²) in [4.78, 5) is 0. The second-order valence-corrected chi connectivity index (χ2v) is 4.47. The maximum Gasteiger partial charge on any atom is 0.163 e. The van der Waals surface area contributed by atoms with Gasteiger partial charge in [-0.1, -0.05) is 22.9 Å². The number of aromatic nitrogens is 3. The zero-order chi connectivity index (χ0) is 13.0. The average molecular weight is 305 g/mol. The Bertz CT molecular complexity index is 566. The molecule has 18 heavy (non-hydrogen) atoms. The van der Waals surface area contributed by atoms with E-state index < -0.39 is 0 Å². The van der Waals surface area contributed by atoms with Crippen molar-refractivity contribution in [1.82, 2.24) is 14.8 Å². The summed E-state index contributed by atoms with van der Waals surface area (Å²) in [6, 6.07) is 9.53. The highest BCUT2D eigenvalue weighted by atomic mass is 79.9. The first-order chi connectivity index (χ1) is 8.80. The fraction of sp³-hybridized carbons (Fsp3) is 0.308. The summed E-state index contributed by atoms with van der Waals surface area (Å²) in [7, 11) is 0. The number of rotatable bonds is 4. The minimum Gasteiger partial charge on any atom is -0.310 e. The van der Waals surface area contributed by atoms with Gasteiger partial charge in [0, 0.05) is 12.1 Å². The SMILES string of the molecule is CCCn1c(CBr)nnc1-c1ccc(C#N)cc1. The minimum absolute atomic E-state index is 0.654. The summed E-state index contributed by atoms with van der Waals surface area (Å²) < 4.78 is 2.11. The van der Waals surface area contributed by atoms with Crippen LogP contribution < -0.4 is 0 Å². The van der Waals surface area contributed by atoms with E-state index in [0.717, 1.165) is 30.2 Å². The van der Waals surface area contributed by atoms with Crippen LogP contribution in [-0.2, 0) is 11.9 Å². The van der Waals surface area contributed by atoms with Gasteiger partial charge < -0.3 is 4.57 Å². The van der Waals surface area contributed by atoms with Gasteiger partial charge in [0.05, 0.1) is 17.0 Å². The van der Waals surface area contributed by atoms with E-state index in [1.165, 1.54) is 0 Å². The van der Waals surface area contributed by atoms with Crippen molar-refractivity contribution in [3.05, 3.63) is 35.7 Å². The van der Waals surface area contributed by atoms with E-state index in [1.54, 1.807) is 12.1 Å². The van der Waals surface area contributed by atoms with Crippen molar-refractivity contribution in [2.75, 3.05) is 0 Å². The first-order valence-electron chi connectivity index (χ1n) is 5.78. The molecule has 0 aliphatic carbocycles. The Kier molecular flexibility index (Phi) is 4.11. The van der Waals surface area contributed by atoms with Crippen LogP contribution in [0.4, 0.5) is 0 Å². The number of alkyl halides is 1. The van der Waals surface area contributed by atoms with Gasteiger partial charge >= 0.3 is 0 Å². The van der Waals surface area contributed by atoms with Crippen LogP contribution in [0.3, 0.4) is 0 Å². The fourth-order valence-corrected chi connectivity index (χ4v) is 2.21. The maximum absolute atomic E-state index is 8.79. The van der Waals surface area contributed by atoms with Gasteiger partial charge in [-0.15, -0.1) is 10.2 Å². The lowest BCUT2D eigenvalue weighted by atomic mass is 10.1. The summed E-state index contributed by atoms with van der Waals surface area (Å²) in [5.74, 6) is 1.78. The van der Waals surface area contributed by atoms with Gasteiger partial charge in [-0.25, -0.2) is 0 Å². The van der Waals surface area contributed by atoms with Crippen LogP contribution >= 0.6 is 15.9 Å². The number of benzene rings is 1. The van der Waals surface area contributed by atoms with Crippen LogP contribution in [0.15, 0.2) is 24.3 Å². The predicted octanol–water partition coefficient (Wildman–Crippen LogP) is 3.12. The fourth-order valence-electron chi connectivity index (χ4n) is 1.80. The lowest BCUT2D eigenvalue weighted by Gasteiger charge is -2.07. The Labute approximate surface area is 114 Å². The molecule has 0 atom stereocenters. The molecule has 1 aromatic carbocycles. The van der Waals surface area contributed by atoms with Crippen molar-refractivity contribution in [2.45, 2.75) is 25.2 Å². The Hall–Kier alpha value is -1.67. The molecule has 1 aromatic heterocycles. The third-order valence-corrected chi connectivity index (χ3v) is 3.17. The molecule has 0 aliphatic rings. The molecule has 0 bridgehead atoms. The van der Waals surface area contributed by atoms with E-state index in [-0.39, 0.29) is 0 Å². The third-order valence-electron chi connectivity index (χ3n) is 2.67. The number of nitriles is 1. The highest BCUT2D eigenvalue weighted by Crippen LogP contribution is 2.20. The van der Waals surface area contributed by atoms with Crippen LogP contribution in [-0.4, -0.2) is 14.8 Å². The summed E-state index contributed by atoms with van der Waals surface area (Å²) in [6.07, 6.45) is 1.03. The summed E-state index contributed by atoms with van der Waals surface area (Å²) in [5, 5.41) is 17.9. The molecule has 0 aliphatic heterocycles. The molecule has 0 fully saturated rings. The average Bonchev–Trinajstić information content (AvgIpc) is 2.82. The van der Waals surface area contributed by atoms with Crippen molar-refractivity contribution in [1.29, 1.82) is 5.26 Å². The molecule has 0 radical (unpaired) electrons. The number of hydrogen-bond donors (Lipinski definition) is 0. The van der Waals surface area contributed by atoms with E-state index in [9.17, 15) is 0 Å². The van der Waals surface area contributed by atoms with Crippen molar-refractivity contribution in [3.8, 4) is 17.5 Å². The Morgan fingerprint density at radius 3 is 2.56 bits per heavy atom. The van der Waals surface area contributed by atoms with Crippen molar-refractivity contribution >= 4 is 15.9 Å². The monoisotopic (exact) mass is 304 g/mol. The number of hydrogen-bond acceptors (Lipinski definition) is 3. The molecular weight excluding hydrogens is 292 g/mol. The van der Waals surface area contributed by atoms with Crippen molar-refractivity contribution in [2.24, 2.45) is 0 Å². The third kappa shape index (κ3) is 2.44. The topological polar surface area (TPSA) is 54.5 Å². The van der Waals surface area contributed by atoms with E-state index in [0.29, 0.717) is 10.9 Å². The summed E-state index contributed by atoms with van der Waals surface area (Å²) in [5.41, 5.74) is 1.64. The van der Waals surface area contributed by atoms with E-state index in [2.05, 4.69) is 43.7 Å². The molecule has 92 valence electrons. The number of halogens is 1. The van der Waals surface area contributed by atoms with Crippen LogP contribution in [0.25, 0.3) is 11.4 Å². The standard InChI is InChI=1S/C13H13BrN4/c1-2-7-18-12(8-14)16-17-13(18)11-5-3-10(9-15)4-6-11/h3-6H,2,7-8H2,1H3. The second-order valence-electron chi connectivity index (χ2n) is 3.91. The quantitative estimate of drug-likeness (QED) is 0.816. The maximum atomic E-state index is 8.79. The predicted molar refractivity (Wildman–Crippen MR) is 73.1 cm³/mol. The summed E-state index contributed by atoms with van der Waals surface area (Å²) >= 11 is 3.42. The van der Waals surface area contributed by atoms with Crippen LogP contribution in [0.2, 0.25) is 0 Å². The van der Waals surface area contributed by atoms with Gasteiger partial charge in [0.15, 0.2) is 5.82 Å². The Morgan fingerprint density at radius 1 is 1.28 bits per heavy atom. The lowest BCUT2D eigenvalue weighted by molar-refractivity contribution is 0.661. The van der Waals surface area contributed by atoms with Crippen molar-refractivity contribution in [3.63, 3.8) is 0 Å². The second kappa shape index (κ2) is 5.78. The molecule has 2 rings (SSSR count). The van der Waals surface area contributed by atoms with Gasteiger partial charge in [0.1, 0.15) is 5.82 Å². The molecular formula is C13H13BrN4. The first kappa shape index (κ1) is 12.8. The normalized spacial score (nSPS) is 10.3. The molecule has 1 heterocycles. The van der Waals surface area contributed by atoms with Gasteiger partial charge in [-0.3, -0.25) is 0 Å². The van der Waals surface area contributed by atoms with Gasteiger partial charge in [-0.2, -0.15) is 5.26 Å². The zero-order valence-corrected chi connectivity index (χ0v) is 11.7. The van der Waals surface area contributed by atoms with E-state index >= 15 is 0 Å². The highest BCUT2D eigenvalue weighted by molar-refractivity contribution is 9.08. The van der Waals surface area contributed by atoms with Crippen LogP contribution in [0.5, 0.6) is 0 Å². The smallest absolute Gasteiger partial charge is 0.163 e. The Morgan fingerprint density at radius 2 is 2.00 bits per heavy atom. The molecule has 0 saturated carbocycles. The molecule has 0 saturated heterocycles.